The fraction of sp³-hybridized carbons (Fsp3) is 0.481. The average Bonchev–Trinajstić information content (AvgIpc) is 2.86. The molecular weight excluding hydrogens is 498 g/mol. The molecule has 0 heterocycles. The molecule has 9 heteroatoms. The highest BCUT2D eigenvalue weighted by molar-refractivity contribution is 7.89. The van der Waals surface area contributed by atoms with Crippen LogP contribution >= 0.6 is 11.6 Å². The molecule has 2 amide bonds. The van der Waals surface area contributed by atoms with Crippen molar-refractivity contribution in [1.29, 1.82) is 0 Å². The zero-order valence-corrected chi connectivity index (χ0v) is 22.8. The smallest absolute Gasteiger partial charge is 0.243 e. The summed E-state index contributed by atoms with van der Waals surface area (Å²) in [5, 5.41) is 3.56. The molecule has 1 aliphatic rings. The van der Waals surface area contributed by atoms with Crippen LogP contribution in [0.25, 0.3) is 0 Å². The Kier molecular flexibility index (Phi) is 9.93. The summed E-state index contributed by atoms with van der Waals surface area (Å²) in [7, 11) is -2.54. The van der Waals surface area contributed by atoms with E-state index in [0.29, 0.717) is 11.4 Å². The molecule has 36 heavy (non-hydrogen) atoms. The lowest BCUT2D eigenvalue weighted by Crippen LogP contribution is -2.53. The summed E-state index contributed by atoms with van der Waals surface area (Å²) in [5.74, 6) is -0.616. The van der Waals surface area contributed by atoms with E-state index in [-0.39, 0.29) is 29.9 Å². The minimum Gasteiger partial charge on any atom is -0.352 e. The van der Waals surface area contributed by atoms with Gasteiger partial charge >= 0.3 is 0 Å². The summed E-state index contributed by atoms with van der Waals surface area (Å²) in [5.41, 5.74) is 1.97. The molecule has 196 valence electrons. The highest BCUT2D eigenvalue weighted by atomic mass is 35.5. The molecule has 1 N–H and O–H groups in total. The second-order valence-electron chi connectivity index (χ2n) is 9.49. The maximum absolute atomic E-state index is 13.6. The van der Waals surface area contributed by atoms with Gasteiger partial charge in [0.15, 0.2) is 0 Å². The highest BCUT2D eigenvalue weighted by Crippen LogP contribution is 2.21. The maximum Gasteiger partial charge on any atom is 0.243 e. The van der Waals surface area contributed by atoms with Gasteiger partial charge in [-0.1, -0.05) is 67.6 Å². The molecule has 0 radical (unpaired) electrons. The molecule has 0 saturated heterocycles. The van der Waals surface area contributed by atoms with Crippen molar-refractivity contribution in [2.24, 2.45) is 0 Å². The molecular formula is C27H36ClN3O4S. The fourth-order valence-corrected chi connectivity index (χ4v) is 5.75. The second-order valence-corrected chi connectivity index (χ2v) is 12.0. The van der Waals surface area contributed by atoms with Gasteiger partial charge < -0.3 is 10.2 Å². The molecule has 0 bridgehead atoms. The van der Waals surface area contributed by atoms with Crippen molar-refractivity contribution in [3.05, 3.63) is 64.7 Å². The van der Waals surface area contributed by atoms with Gasteiger partial charge in [0.1, 0.15) is 6.04 Å². The Morgan fingerprint density at radius 3 is 2.22 bits per heavy atom. The number of nitrogens with zero attached hydrogens (tertiary/aromatic N) is 2. The molecule has 0 aromatic heterocycles. The Balaban J connectivity index is 1.82. The number of hydrogen-bond donors (Lipinski definition) is 1. The highest BCUT2D eigenvalue weighted by Gasteiger charge is 2.32. The standard InChI is InChI=1S/C27H36ClN3O4S/c1-4-25(27(33)29-23-8-6-5-7-9-23)31(18-21-12-10-20(2)11-13-21)26(32)19-30(3)36(34,35)24-16-14-22(28)15-17-24/h10-17,23,25H,4-9,18-19H2,1-3H3,(H,29,33)/t25-/m1/s1. The summed E-state index contributed by atoms with van der Waals surface area (Å²) in [6, 6.07) is 13.0. The van der Waals surface area contributed by atoms with E-state index in [0.717, 1.165) is 41.1 Å². The summed E-state index contributed by atoms with van der Waals surface area (Å²) in [4.78, 5) is 28.5. The molecule has 1 fully saturated rings. The molecule has 0 aliphatic heterocycles. The van der Waals surface area contributed by atoms with Crippen molar-refractivity contribution in [3.63, 3.8) is 0 Å². The number of likely N-dealkylation sites (N-methyl/N-ethyl adjacent to an activating group) is 1. The molecule has 0 unspecified atom stereocenters. The van der Waals surface area contributed by atoms with Crippen LogP contribution in [-0.2, 0) is 26.2 Å². The van der Waals surface area contributed by atoms with Gasteiger partial charge in [0.25, 0.3) is 0 Å². The zero-order valence-electron chi connectivity index (χ0n) is 21.2. The van der Waals surface area contributed by atoms with Crippen LogP contribution in [-0.4, -0.2) is 55.1 Å². The first-order valence-electron chi connectivity index (χ1n) is 12.5. The van der Waals surface area contributed by atoms with E-state index in [1.54, 1.807) is 0 Å². The number of nitrogens with one attached hydrogen (secondary N) is 1. The van der Waals surface area contributed by atoms with E-state index < -0.39 is 22.0 Å². The normalized spacial score (nSPS) is 15.5. The second kappa shape index (κ2) is 12.7. The van der Waals surface area contributed by atoms with Gasteiger partial charge in [-0.2, -0.15) is 4.31 Å². The van der Waals surface area contributed by atoms with Crippen LogP contribution in [0, 0.1) is 6.92 Å². The third kappa shape index (κ3) is 7.31. The van der Waals surface area contributed by atoms with E-state index in [4.69, 9.17) is 11.6 Å². The first kappa shape index (κ1) is 28.2. The summed E-state index contributed by atoms with van der Waals surface area (Å²) in [6.45, 7) is 3.68. The number of rotatable bonds is 10. The molecule has 2 aromatic rings. The monoisotopic (exact) mass is 533 g/mol. The lowest BCUT2D eigenvalue weighted by Gasteiger charge is -2.33. The van der Waals surface area contributed by atoms with E-state index in [1.165, 1.54) is 42.6 Å². The number of amides is 2. The topological polar surface area (TPSA) is 86.8 Å². The van der Waals surface area contributed by atoms with Crippen molar-refractivity contribution in [1.82, 2.24) is 14.5 Å². The van der Waals surface area contributed by atoms with Crippen molar-refractivity contribution in [3.8, 4) is 0 Å². The molecule has 0 spiro atoms. The van der Waals surface area contributed by atoms with E-state index >= 15 is 0 Å². The van der Waals surface area contributed by atoms with Crippen LogP contribution in [0.4, 0.5) is 0 Å². The number of carbonyl (C=O) groups excluding carboxylic acids is 2. The average molecular weight is 534 g/mol. The molecule has 3 rings (SSSR count). The Morgan fingerprint density at radius 1 is 1.03 bits per heavy atom. The maximum atomic E-state index is 13.6. The molecule has 1 atom stereocenters. The van der Waals surface area contributed by atoms with E-state index in [9.17, 15) is 18.0 Å². The largest absolute Gasteiger partial charge is 0.352 e. The third-order valence-electron chi connectivity index (χ3n) is 6.69. The van der Waals surface area contributed by atoms with Crippen LogP contribution in [0.3, 0.4) is 0 Å². The number of hydrogen-bond acceptors (Lipinski definition) is 4. The molecule has 2 aromatic carbocycles. The molecule has 7 nitrogen and oxygen atoms in total. The summed E-state index contributed by atoms with van der Waals surface area (Å²) >= 11 is 5.90. The van der Waals surface area contributed by atoms with Crippen molar-refractivity contribution in [2.45, 2.75) is 75.9 Å². The minimum atomic E-state index is -3.91. The lowest BCUT2D eigenvalue weighted by atomic mass is 9.95. The van der Waals surface area contributed by atoms with Gasteiger partial charge in [-0.25, -0.2) is 8.42 Å². The van der Waals surface area contributed by atoms with Crippen LogP contribution < -0.4 is 5.32 Å². The van der Waals surface area contributed by atoms with Crippen molar-refractivity contribution >= 4 is 33.4 Å². The number of benzene rings is 2. The van der Waals surface area contributed by atoms with Gasteiger partial charge in [0.05, 0.1) is 11.4 Å². The van der Waals surface area contributed by atoms with Gasteiger partial charge in [-0.3, -0.25) is 9.59 Å². The first-order chi connectivity index (χ1) is 17.1. The number of sulfonamides is 1. The fourth-order valence-electron chi connectivity index (χ4n) is 4.51. The lowest BCUT2D eigenvalue weighted by molar-refractivity contribution is -0.141. The van der Waals surface area contributed by atoms with Crippen molar-refractivity contribution in [2.75, 3.05) is 13.6 Å². The van der Waals surface area contributed by atoms with Gasteiger partial charge in [-0.15, -0.1) is 0 Å². The van der Waals surface area contributed by atoms with Crippen molar-refractivity contribution < 1.29 is 18.0 Å². The van der Waals surface area contributed by atoms with Gasteiger partial charge in [0.2, 0.25) is 21.8 Å². The molecule has 1 saturated carbocycles. The molecule has 1 aliphatic carbocycles. The Morgan fingerprint density at radius 2 is 1.64 bits per heavy atom. The van der Waals surface area contributed by atoms with E-state index in [2.05, 4.69) is 5.32 Å². The Labute approximate surface area is 219 Å². The quantitative estimate of drug-likeness (QED) is 0.486. The predicted molar refractivity (Wildman–Crippen MR) is 142 cm³/mol. The van der Waals surface area contributed by atoms with Crippen LogP contribution in [0.5, 0.6) is 0 Å². The van der Waals surface area contributed by atoms with Crippen LogP contribution in [0.2, 0.25) is 5.02 Å². The third-order valence-corrected chi connectivity index (χ3v) is 8.76. The SMILES string of the molecule is CC[C@H](C(=O)NC1CCCCC1)N(Cc1ccc(C)cc1)C(=O)CN(C)S(=O)(=O)c1ccc(Cl)cc1. The number of carbonyl (C=O) groups is 2. The first-order valence-corrected chi connectivity index (χ1v) is 14.3. The van der Waals surface area contributed by atoms with Crippen LogP contribution in [0.1, 0.15) is 56.6 Å². The zero-order chi connectivity index (χ0) is 26.3. The minimum absolute atomic E-state index is 0.0503. The summed E-state index contributed by atoms with van der Waals surface area (Å²) < 4.78 is 27.2. The Bertz CT molecular complexity index is 1130. The summed E-state index contributed by atoms with van der Waals surface area (Å²) in [6.07, 6.45) is 5.65. The number of aryl methyl sites for hydroxylation is 1. The Hall–Kier alpha value is -2.42. The van der Waals surface area contributed by atoms with Gasteiger partial charge in [0, 0.05) is 24.7 Å². The van der Waals surface area contributed by atoms with Gasteiger partial charge in [-0.05, 0) is 56.0 Å². The number of halogens is 1. The van der Waals surface area contributed by atoms with Crippen LogP contribution in [0.15, 0.2) is 53.4 Å². The predicted octanol–water partition coefficient (Wildman–Crippen LogP) is 4.53. The van der Waals surface area contributed by atoms with E-state index in [1.807, 2.05) is 38.1 Å².